The molecule has 0 saturated carbocycles. The van der Waals surface area contributed by atoms with Gasteiger partial charge in [-0.3, -0.25) is 9.59 Å². The second kappa shape index (κ2) is 28.9. The third-order valence-corrected chi connectivity index (χ3v) is 14.8. The third kappa shape index (κ3) is 18.2. The molecule has 10 nitrogen and oxygen atoms in total. The maximum absolute atomic E-state index is 12.6. The SMILES string of the molecule is CC(C)(c1ccccc1)c1ccc(OC(=O)Oc2ccc(C(C)(C)c3ccc(OC(=O)CCCCCCCCC(=O)Oc4ccc(S)cc4)cc3)cc2)cc1.CC(C)(c1ccccc1)c1ccc(OC(=O)Oc2ccc(S)cc2)cc1. The molecular formula is C69H70O10S2. The van der Waals surface area contributed by atoms with Crippen LogP contribution in [0.3, 0.4) is 0 Å². The summed E-state index contributed by atoms with van der Waals surface area (Å²) in [6.45, 7) is 12.9. The van der Waals surface area contributed by atoms with Crippen molar-refractivity contribution >= 4 is 49.5 Å². The molecule has 8 aromatic rings. The van der Waals surface area contributed by atoms with Crippen LogP contribution in [-0.2, 0) is 25.8 Å². The van der Waals surface area contributed by atoms with Crippen LogP contribution >= 0.6 is 25.3 Å². The highest BCUT2D eigenvalue weighted by Crippen LogP contribution is 2.36. The molecule has 0 spiro atoms. The van der Waals surface area contributed by atoms with Gasteiger partial charge in [-0.05, 0) is 143 Å². The lowest BCUT2D eigenvalue weighted by molar-refractivity contribution is -0.135. The monoisotopic (exact) mass is 1120 g/mol. The van der Waals surface area contributed by atoms with Crippen LogP contribution in [0.5, 0.6) is 34.5 Å². The highest BCUT2D eigenvalue weighted by molar-refractivity contribution is 7.80. The van der Waals surface area contributed by atoms with E-state index in [1.807, 2.05) is 97.1 Å². The van der Waals surface area contributed by atoms with Crippen LogP contribution in [0, 0.1) is 0 Å². The van der Waals surface area contributed by atoms with Gasteiger partial charge < -0.3 is 28.4 Å². The number of ether oxygens (including phenoxy) is 6. The Kier molecular flexibility index (Phi) is 21.6. The van der Waals surface area contributed by atoms with E-state index in [1.165, 1.54) is 11.1 Å². The summed E-state index contributed by atoms with van der Waals surface area (Å²) in [5.74, 6) is 2.20. The zero-order valence-corrected chi connectivity index (χ0v) is 48.6. The van der Waals surface area contributed by atoms with Crippen molar-refractivity contribution in [2.75, 3.05) is 0 Å². The fraction of sp³-hybridized carbons (Fsp3) is 0.246. The molecule has 0 radical (unpaired) electrons. The number of carbonyl (C=O) groups excluding carboxylic acids is 4. The zero-order valence-electron chi connectivity index (χ0n) is 46.8. The van der Waals surface area contributed by atoms with Gasteiger partial charge in [-0.1, -0.05) is 176 Å². The summed E-state index contributed by atoms with van der Waals surface area (Å²) in [7, 11) is 0. The highest BCUT2D eigenvalue weighted by atomic mass is 32.1. The lowest BCUT2D eigenvalue weighted by atomic mass is 9.78. The molecule has 0 aliphatic carbocycles. The molecule has 0 bridgehead atoms. The molecule has 81 heavy (non-hydrogen) atoms. The van der Waals surface area contributed by atoms with Crippen molar-refractivity contribution in [1.82, 2.24) is 0 Å². The van der Waals surface area contributed by atoms with Gasteiger partial charge in [0.25, 0.3) is 0 Å². The summed E-state index contributed by atoms with van der Waals surface area (Å²) < 4.78 is 32.2. The Morgan fingerprint density at radius 2 is 0.494 bits per heavy atom. The fourth-order valence-corrected chi connectivity index (χ4v) is 9.33. The molecule has 8 aromatic carbocycles. The van der Waals surface area contributed by atoms with Crippen LogP contribution in [-0.4, -0.2) is 24.2 Å². The largest absolute Gasteiger partial charge is 0.519 e. The van der Waals surface area contributed by atoms with Crippen molar-refractivity contribution in [1.29, 1.82) is 0 Å². The lowest BCUT2D eigenvalue weighted by Crippen LogP contribution is -2.19. The number of benzene rings is 8. The molecule has 0 fully saturated rings. The quantitative estimate of drug-likeness (QED) is 0.0236. The van der Waals surface area contributed by atoms with Crippen LogP contribution < -0.4 is 28.4 Å². The summed E-state index contributed by atoms with van der Waals surface area (Å²) in [4.78, 5) is 50.6. The van der Waals surface area contributed by atoms with Gasteiger partial charge in [-0.25, -0.2) is 9.59 Å². The Morgan fingerprint density at radius 1 is 0.284 bits per heavy atom. The van der Waals surface area contributed by atoms with Gasteiger partial charge >= 0.3 is 24.2 Å². The first-order valence-corrected chi connectivity index (χ1v) is 28.1. The minimum atomic E-state index is -0.809. The minimum absolute atomic E-state index is 0.144. The number of carbonyl (C=O) groups is 4. The van der Waals surface area contributed by atoms with E-state index >= 15 is 0 Å². The molecule has 0 amide bonds. The average molecular weight is 1120 g/mol. The third-order valence-electron chi connectivity index (χ3n) is 14.2. The second-order valence-corrected chi connectivity index (χ2v) is 22.2. The molecule has 0 aliphatic heterocycles. The smallest absolute Gasteiger partial charge is 0.427 e. The van der Waals surface area contributed by atoms with Crippen molar-refractivity contribution in [3.63, 3.8) is 0 Å². The molecule has 0 aliphatic rings. The normalized spacial score (nSPS) is 11.3. The van der Waals surface area contributed by atoms with Gasteiger partial charge in [-0.15, -0.1) is 25.3 Å². The summed E-state index contributed by atoms with van der Waals surface area (Å²) in [6, 6.07) is 64.3. The van der Waals surface area contributed by atoms with Crippen LogP contribution in [0.2, 0.25) is 0 Å². The Bertz CT molecular complexity index is 3270. The van der Waals surface area contributed by atoms with E-state index in [2.05, 4.69) is 91.1 Å². The highest BCUT2D eigenvalue weighted by Gasteiger charge is 2.26. The standard InChI is InChI=1S/C47H50O7S.C22H20O3S/c1-46(2,34-14-10-9-11-15-34)35-20-26-40(27-21-35)53-45(50)54-41-28-22-37(23-29-41)47(3,4)36-18-24-38(25-19-36)51-43(48)16-12-7-5-6-8-13-17-44(49)52-39-30-32-42(55)33-31-39;1-22(2,16-6-4-3-5-7-16)17-8-10-18(11-9-17)24-21(23)25-19-12-14-20(26)15-13-19/h9-11,14-15,18-33,55H,5-8,12-13,16-17H2,1-4H3;3-15,26H,1-2H3. The van der Waals surface area contributed by atoms with Gasteiger partial charge in [0.15, 0.2) is 0 Å². The Balaban J connectivity index is 0.000000302. The van der Waals surface area contributed by atoms with Crippen molar-refractivity contribution in [2.24, 2.45) is 0 Å². The summed E-state index contributed by atoms with van der Waals surface area (Å²) in [5.41, 5.74) is 6.02. The van der Waals surface area contributed by atoms with Crippen molar-refractivity contribution in [3.05, 3.63) is 240 Å². The van der Waals surface area contributed by atoms with Crippen LogP contribution in [0.25, 0.3) is 0 Å². The van der Waals surface area contributed by atoms with Crippen LogP contribution in [0.1, 0.15) is 126 Å². The Labute approximate surface area is 487 Å². The van der Waals surface area contributed by atoms with E-state index < -0.39 is 12.3 Å². The second-order valence-electron chi connectivity index (χ2n) is 21.2. The van der Waals surface area contributed by atoms with E-state index in [4.69, 9.17) is 28.4 Å². The number of rotatable bonds is 21. The average Bonchev–Trinajstić information content (AvgIpc) is 3.48. The maximum Gasteiger partial charge on any atom is 0.519 e. The summed E-state index contributed by atoms with van der Waals surface area (Å²) >= 11 is 8.42. The minimum Gasteiger partial charge on any atom is -0.427 e. The number of thiol groups is 2. The Hall–Kier alpha value is -8.06. The van der Waals surface area contributed by atoms with E-state index in [9.17, 15) is 19.2 Å². The van der Waals surface area contributed by atoms with E-state index in [-0.39, 0.29) is 28.2 Å². The van der Waals surface area contributed by atoms with Gasteiger partial charge in [0.2, 0.25) is 0 Å². The number of hydrogen-bond donors (Lipinski definition) is 2. The summed E-state index contributed by atoms with van der Waals surface area (Å²) in [5, 5.41) is 0. The van der Waals surface area contributed by atoms with E-state index in [0.717, 1.165) is 70.6 Å². The molecule has 0 aromatic heterocycles. The number of unbranched alkanes of at least 4 members (excludes halogenated alkanes) is 5. The molecular weight excluding hydrogens is 1050 g/mol. The first-order chi connectivity index (χ1) is 38.8. The maximum atomic E-state index is 12.6. The molecule has 0 heterocycles. The van der Waals surface area contributed by atoms with E-state index in [1.54, 1.807) is 84.9 Å². The predicted octanol–water partition coefficient (Wildman–Crippen LogP) is 17.7. The molecule has 0 saturated heterocycles. The van der Waals surface area contributed by atoms with Crippen molar-refractivity contribution in [3.8, 4) is 34.5 Å². The van der Waals surface area contributed by atoms with Crippen LogP contribution in [0.15, 0.2) is 216 Å². The first-order valence-electron chi connectivity index (χ1n) is 27.2. The van der Waals surface area contributed by atoms with Gasteiger partial charge in [0, 0.05) is 38.9 Å². The van der Waals surface area contributed by atoms with Gasteiger partial charge in [0.05, 0.1) is 0 Å². The van der Waals surface area contributed by atoms with Crippen molar-refractivity contribution < 1.29 is 47.6 Å². The fourth-order valence-electron chi connectivity index (χ4n) is 9.03. The van der Waals surface area contributed by atoms with Crippen molar-refractivity contribution in [2.45, 2.75) is 119 Å². The predicted molar refractivity (Wildman–Crippen MR) is 324 cm³/mol. The zero-order chi connectivity index (χ0) is 57.8. The van der Waals surface area contributed by atoms with Gasteiger partial charge in [-0.2, -0.15) is 0 Å². The number of hydrogen-bond acceptors (Lipinski definition) is 12. The van der Waals surface area contributed by atoms with E-state index in [0.29, 0.717) is 47.3 Å². The lowest BCUT2D eigenvalue weighted by Gasteiger charge is -2.26. The number of esters is 2. The molecule has 8 rings (SSSR count). The molecule has 12 heteroatoms. The summed E-state index contributed by atoms with van der Waals surface area (Å²) in [6.07, 6.45) is 4.55. The Morgan fingerprint density at radius 3 is 0.753 bits per heavy atom. The molecule has 0 atom stereocenters. The molecule has 0 N–H and O–H groups in total. The topological polar surface area (TPSA) is 124 Å². The molecule has 418 valence electrons. The van der Waals surface area contributed by atoms with Gasteiger partial charge in [0.1, 0.15) is 34.5 Å². The molecule has 0 unspecified atom stereocenters. The first kappa shape index (κ1) is 60.6. The van der Waals surface area contributed by atoms with Crippen LogP contribution in [0.4, 0.5) is 9.59 Å².